The number of carbonyl (C=O) groups is 3. The topological polar surface area (TPSA) is 82.6 Å². The lowest BCUT2D eigenvalue weighted by Gasteiger charge is -2.23. The third-order valence-corrected chi connectivity index (χ3v) is 6.95. The third kappa shape index (κ3) is 3.58. The van der Waals surface area contributed by atoms with Gasteiger partial charge in [-0.15, -0.1) is 11.3 Å². The Balaban J connectivity index is 1.34. The van der Waals surface area contributed by atoms with Crippen molar-refractivity contribution in [2.24, 2.45) is 0 Å². The lowest BCUT2D eigenvalue weighted by molar-refractivity contribution is -0.134. The second kappa shape index (κ2) is 7.77. The highest BCUT2D eigenvalue weighted by Crippen LogP contribution is 2.34. The molecular weight excluding hydrogens is 443 g/mol. The van der Waals surface area contributed by atoms with Gasteiger partial charge in [-0.1, -0.05) is 18.2 Å². The van der Waals surface area contributed by atoms with E-state index >= 15 is 0 Å². The number of carbonyl (C=O) groups excluding carboxylic acids is 3. The van der Waals surface area contributed by atoms with Crippen LogP contribution in [-0.4, -0.2) is 40.8 Å². The number of urea groups is 1. The molecule has 1 saturated heterocycles. The minimum absolute atomic E-state index is 0.335. The molecule has 1 N–H and O–H groups in total. The zero-order valence-corrected chi connectivity index (χ0v) is 18.9. The number of benzene rings is 2. The average Bonchev–Trinajstić information content (AvgIpc) is 3.47. The fourth-order valence-corrected chi connectivity index (χ4v) is 4.98. The summed E-state index contributed by atoms with van der Waals surface area (Å²) in [7, 11) is 0. The van der Waals surface area contributed by atoms with Gasteiger partial charge in [0.05, 0.1) is 10.7 Å². The van der Waals surface area contributed by atoms with Crippen LogP contribution in [-0.2, 0) is 21.5 Å². The first kappa shape index (κ1) is 21.3. The first-order valence-electron chi connectivity index (χ1n) is 10.5. The summed E-state index contributed by atoms with van der Waals surface area (Å²) in [5, 5.41) is 5.64. The Kier molecular flexibility index (Phi) is 5.01. The van der Waals surface area contributed by atoms with Gasteiger partial charge in [-0.2, -0.15) is 0 Å². The molecule has 168 valence electrons. The lowest BCUT2D eigenvalue weighted by Crippen LogP contribution is -2.44. The van der Waals surface area contributed by atoms with E-state index in [-0.39, 0.29) is 12.5 Å². The molecule has 9 heteroatoms. The molecule has 2 aliphatic rings. The van der Waals surface area contributed by atoms with Crippen LogP contribution in [0.15, 0.2) is 47.8 Å². The summed E-state index contributed by atoms with van der Waals surface area (Å²) >= 11 is 1.59. The summed E-state index contributed by atoms with van der Waals surface area (Å²) in [5.41, 5.74) is 2.81. The standard InChI is InChI=1S/C24H21FN4O3S/c1-14-26-19(13-33-14)15-3-8-20-16(11-15)9-10-28(20)21(30)12-29-22(31)24(2,27-23(29)32)17-4-6-18(25)7-5-17/h3-8,11,13H,9-10,12H2,1-2H3,(H,27,32)/t24-/m1/s1. The zero-order chi connectivity index (χ0) is 23.3. The van der Waals surface area contributed by atoms with E-state index in [1.807, 2.05) is 30.5 Å². The summed E-state index contributed by atoms with van der Waals surface area (Å²) in [6.45, 7) is 3.62. The summed E-state index contributed by atoms with van der Waals surface area (Å²) in [6.07, 6.45) is 0.686. The number of aryl methyl sites for hydroxylation is 1. The molecule has 7 nitrogen and oxygen atoms in total. The van der Waals surface area contributed by atoms with Gasteiger partial charge >= 0.3 is 6.03 Å². The van der Waals surface area contributed by atoms with Gasteiger partial charge in [-0.25, -0.2) is 14.2 Å². The first-order chi connectivity index (χ1) is 15.8. The monoisotopic (exact) mass is 464 g/mol. The highest BCUT2D eigenvalue weighted by atomic mass is 32.1. The van der Waals surface area contributed by atoms with E-state index in [9.17, 15) is 18.8 Å². The van der Waals surface area contributed by atoms with Crippen molar-refractivity contribution in [3.05, 3.63) is 69.8 Å². The summed E-state index contributed by atoms with van der Waals surface area (Å²) in [6, 6.07) is 10.6. The quantitative estimate of drug-likeness (QED) is 0.598. The van der Waals surface area contributed by atoms with Crippen LogP contribution in [0.1, 0.15) is 23.1 Å². The fraction of sp³-hybridized carbons (Fsp3) is 0.250. The predicted octanol–water partition coefficient (Wildman–Crippen LogP) is 3.61. The smallest absolute Gasteiger partial charge is 0.319 e. The summed E-state index contributed by atoms with van der Waals surface area (Å²) in [4.78, 5) is 45.8. The van der Waals surface area contributed by atoms with Crippen molar-refractivity contribution in [2.45, 2.75) is 25.8 Å². The van der Waals surface area contributed by atoms with Crippen LogP contribution in [0.25, 0.3) is 11.3 Å². The second-order valence-corrected chi connectivity index (χ2v) is 9.41. The van der Waals surface area contributed by atoms with Crippen LogP contribution in [0.5, 0.6) is 0 Å². The molecule has 3 aromatic rings. The second-order valence-electron chi connectivity index (χ2n) is 8.34. The molecule has 1 aromatic heterocycles. The van der Waals surface area contributed by atoms with E-state index in [4.69, 9.17) is 0 Å². The largest absolute Gasteiger partial charge is 0.325 e. The predicted molar refractivity (Wildman–Crippen MR) is 122 cm³/mol. The Bertz CT molecular complexity index is 1290. The Hall–Kier alpha value is -3.59. The van der Waals surface area contributed by atoms with E-state index in [2.05, 4.69) is 10.3 Å². The van der Waals surface area contributed by atoms with Gasteiger partial charge in [-0.3, -0.25) is 14.5 Å². The molecule has 0 aliphatic carbocycles. The van der Waals surface area contributed by atoms with Gasteiger partial charge in [0.1, 0.15) is 17.9 Å². The number of nitrogens with zero attached hydrogens (tertiary/aromatic N) is 3. The fourth-order valence-electron chi connectivity index (χ4n) is 4.36. The highest BCUT2D eigenvalue weighted by Gasteiger charge is 2.50. The molecule has 2 aromatic carbocycles. The van der Waals surface area contributed by atoms with Crippen LogP contribution in [0.2, 0.25) is 0 Å². The van der Waals surface area contributed by atoms with Crippen LogP contribution in [0.4, 0.5) is 14.9 Å². The van der Waals surface area contributed by atoms with Crippen molar-refractivity contribution < 1.29 is 18.8 Å². The van der Waals surface area contributed by atoms with Gasteiger partial charge in [0.15, 0.2) is 0 Å². The number of hydrogen-bond donors (Lipinski definition) is 1. The van der Waals surface area contributed by atoms with Crippen molar-refractivity contribution in [1.82, 2.24) is 15.2 Å². The van der Waals surface area contributed by atoms with Crippen molar-refractivity contribution in [1.29, 1.82) is 0 Å². The number of fused-ring (bicyclic) bond motifs is 1. The van der Waals surface area contributed by atoms with Crippen LogP contribution in [0.3, 0.4) is 0 Å². The van der Waals surface area contributed by atoms with Gasteiger partial charge < -0.3 is 10.2 Å². The molecule has 5 rings (SSSR count). The molecule has 0 radical (unpaired) electrons. The van der Waals surface area contributed by atoms with E-state index < -0.39 is 23.3 Å². The van der Waals surface area contributed by atoms with Crippen molar-refractivity contribution >= 4 is 34.9 Å². The molecule has 3 heterocycles. The molecular formula is C24H21FN4O3S. The maximum absolute atomic E-state index is 13.3. The molecule has 0 saturated carbocycles. The highest BCUT2D eigenvalue weighted by molar-refractivity contribution is 7.09. The normalized spacial score (nSPS) is 19.7. The molecule has 1 atom stereocenters. The molecule has 1 fully saturated rings. The molecule has 2 aliphatic heterocycles. The SMILES string of the molecule is Cc1nc(-c2ccc3c(c2)CCN3C(=O)CN2C(=O)N[C@](C)(c3ccc(F)cc3)C2=O)cs1. The molecule has 33 heavy (non-hydrogen) atoms. The number of halogens is 1. The number of imide groups is 1. The number of nitrogens with one attached hydrogen (secondary N) is 1. The van der Waals surface area contributed by atoms with E-state index in [0.717, 1.165) is 32.4 Å². The zero-order valence-electron chi connectivity index (χ0n) is 18.1. The molecule has 0 bridgehead atoms. The molecule has 0 spiro atoms. The van der Waals surface area contributed by atoms with Gasteiger partial charge in [0.25, 0.3) is 5.91 Å². The Morgan fingerprint density at radius 2 is 1.97 bits per heavy atom. The Morgan fingerprint density at radius 3 is 2.67 bits per heavy atom. The molecule has 4 amide bonds. The lowest BCUT2D eigenvalue weighted by atomic mass is 9.92. The minimum atomic E-state index is -1.35. The first-order valence-corrected chi connectivity index (χ1v) is 11.4. The maximum Gasteiger partial charge on any atom is 0.325 e. The van der Waals surface area contributed by atoms with E-state index in [1.165, 1.54) is 24.3 Å². The van der Waals surface area contributed by atoms with Crippen LogP contribution >= 0.6 is 11.3 Å². The van der Waals surface area contributed by atoms with Gasteiger partial charge in [0, 0.05) is 23.2 Å². The number of anilines is 1. The number of thiazole rings is 1. The van der Waals surface area contributed by atoms with E-state index in [1.54, 1.807) is 23.2 Å². The van der Waals surface area contributed by atoms with Crippen LogP contribution in [0, 0.1) is 12.7 Å². The van der Waals surface area contributed by atoms with Crippen molar-refractivity contribution in [2.75, 3.05) is 18.0 Å². The van der Waals surface area contributed by atoms with Crippen LogP contribution < -0.4 is 10.2 Å². The third-order valence-electron chi connectivity index (χ3n) is 6.18. The minimum Gasteiger partial charge on any atom is -0.319 e. The molecule has 0 unspecified atom stereocenters. The van der Waals surface area contributed by atoms with Gasteiger partial charge in [0.2, 0.25) is 5.91 Å². The number of amides is 4. The number of rotatable bonds is 4. The van der Waals surface area contributed by atoms with E-state index in [0.29, 0.717) is 18.5 Å². The summed E-state index contributed by atoms with van der Waals surface area (Å²) in [5.74, 6) is -1.31. The van der Waals surface area contributed by atoms with Crippen molar-refractivity contribution in [3.63, 3.8) is 0 Å². The van der Waals surface area contributed by atoms with Gasteiger partial charge in [-0.05, 0) is 55.7 Å². The summed E-state index contributed by atoms with van der Waals surface area (Å²) < 4.78 is 13.3. The number of hydrogen-bond acceptors (Lipinski definition) is 5. The Labute approximate surface area is 193 Å². The maximum atomic E-state index is 13.3. The van der Waals surface area contributed by atoms with Crippen molar-refractivity contribution in [3.8, 4) is 11.3 Å². The Morgan fingerprint density at radius 1 is 1.21 bits per heavy atom. The average molecular weight is 465 g/mol. The number of aromatic nitrogens is 1.